The molecule has 1 aliphatic carbocycles. The maximum atomic E-state index is 13.6. The molecule has 0 spiro atoms. The summed E-state index contributed by atoms with van der Waals surface area (Å²) in [5, 5.41) is 10.9. The van der Waals surface area contributed by atoms with Crippen molar-refractivity contribution in [2.45, 2.75) is 50.7 Å². The van der Waals surface area contributed by atoms with Gasteiger partial charge in [-0.3, -0.25) is 0 Å². The van der Waals surface area contributed by atoms with Crippen LogP contribution < -0.4 is 0 Å². The fourth-order valence-corrected chi connectivity index (χ4v) is 4.10. The molecule has 3 unspecified atom stereocenters. The molecule has 3 atom stereocenters. The summed E-state index contributed by atoms with van der Waals surface area (Å²) >= 11 is 3.30. The van der Waals surface area contributed by atoms with Gasteiger partial charge in [-0.15, -0.1) is 0 Å². The Bertz CT molecular complexity index is 494. The van der Waals surface area contributed by atoms with Crippen LogP contribution in [0.5, 0.6) is 0 Å². The highest BCUT2D eigenvalue weighted by Gasteiger charge is 2.43. The van der Waals surface area contributed by atoms with Crippen LogP contribution in [0.1, 0.15) is 38.2 Å². The predicted molar refractivity (Wildman–Crippen MR) is 87.9 cm³/mol. The van der Waals surface area contributed by atoms with E-state index in [1.54, 1.807) is 6.07 Å². The summed E-state index contributed by atoms with van der Waals surface area (Å²) in [6.45, 7) is 2.25. The summed E-state index contributed by atoms with van der Waals surface area (Å²) in [6.07, 6.45) is 4.34. The second-order valence-corrected chi connectivity index (χ2v) is 7.43. The molecule has 1 fully saturated rings. The van der Waals surface area contributed by atoms with E-state index in [1.807, 2.05) is 20.2 Å². The maximum Gasteiger partial charge on any atom is 0.137 e. The first-order valence-corrected chi connectivity index (χ1v) is 8.44. The Morgan fingerprint density at radius 2 is 2.19 bits per heavy atom. The summed E-state index contributed by atoms with van der Waals surface area (Å²) in [7, 11) is 4.09. The summed E-state index contributed by atoms with van der Waals surface area (Å²) in [5.41, 5.74) is 0.630. The van der Waals surface area contributed by atoms with E-state index >= 15 is 0 Å². The van der Waals surface area contributed by atoms with E-state index in [1.165, 1.54) is 12.5 Å². The Kier molecular flexibility index (Phi) is 5.44. The van der Waals surface area contributed by atoms with Crippen molar-refractivity contribution in [1.82, 2.24) is 4.90 Å². The van der Waals surface area contributed by atoms with Gasteiger partial charge in [-0.25, -0.2) is 4.39 Å². The van der Waals surface area contributed by atoms with Crippen molar-refractivity contribution >= 4 is 15.9 Å². The average Bonchev–Trinajstić information content (AvgIpc) is 2.43. The van der Waals surface area contributed by atoms with Crippen LogP contribution in [0.25, 0.3) is 0 Å². The molecule has 0 radical (unpaired) electrons. The summed E-state index contributed by atoms with van der Waals surface area (Å²) in [4.78, 5) is 2.17. The lowest BCUT2D eigenvalue weighted by atomic mass is 9.71. The van der Waals surface area contributed by atoms with E-state index in [2.05, 4.69) is 27.8 Å². The molecule has 0 saturated heterocycles. The number of hydrogen-bond donors (Lipinski definition) is 1. The lowest BCUT2D eigenvalue weighted by molar-refractivity contribution is -0.0425. The second-order valence-electron chi connectivity index (χ2n) is 6.63. The van der Waals surface area contributed by atoms with Crippen LogP contribution in [0.2, 0.25) is 0 Å². The van der Waals surface area contributed by atoms with Gasteiger partial charge in [0.2, 0.25) is 0 Å². The van der Waals surface area contributed by atoms with Crippen molar-refractivity contribution in [3.63, 3.8) is 0 Å². The Morgan fingerprint density at radius 1 is 1.48 bits per heavy atom. The van der Waals surface area contributed by atoms with Gasteiger partial charge in [0.25, 0.3) is 0 Å². The number of nitrogens with zero attached hydrogens (tertiary/aromatic N) is 1. The molecule has 1 N–H and O–H groups in total. The third-order valence-corrected chi connectivity index (χ3v) is 5.85. The zero-order valence-corrected chi connectivity index (χ0v) is 14.7. The van der Waals surface area contributed by atoms with Crippen LogP contribution in [0.3, 0.4) is 0 Å². The normalized spacial score (nSPS) is 27.9. The van der Waals surface area contributed by atoms with Crippen LogP contribution >= 0.6 is 15.9 Å². The molecule has 2 rings (SSSR count). The number of likely N-dealkylation sites (N-methyl/N-ethyl adjacent to an activating group) is 1. The number of aliphatic hydroxyl groups excluding tert-OH is 1. The number of hydrogen-bond acceptors (Lipinski definition) is 2. The number of rotatable bonds is 4. The monoisotopic (exact) mass is 357 g/mol. The Morgan fingerprint density at radius 3 is 2.81 bits per heavy atom. The SMILES string of the molecule is CC1CCCC(C(O)Cc2cccc(F)c2Br)(N(C)C)C1. The largest absolute Gasteiger partial charge is 0.391 e. The smallest absolute Gasteiger partial charge is 0.137 e. The first kappa shape index (κ1) is 16.9. The van der Waals surface area contributed by atoms with Gasteiger partial charge >= 0.3 is 0 Å². The molecule has 4 heteroatoms. The van der Waals surface area contributed by atoms with E-state index in [0.29, 0.717) is 16.8 Å². The molecule has 0 bridgehead atoms. The van der Waals surface area contributed by atoms with Gasteiger partial charge in [-0.1, -0.05) is 31.9 Å². The van der Waals surface area contributed by atoms with Crippen LogP contribution in [0, 0.1) is 11.7 Å². The molecule has 0 amide bonds. The van der Waals surface area contributed by atoms with Crippen LogP contribution in [-0.4, -0.2) is 35.7 Å². The molecule has 0 heterocycles. The lowest BCUT2D eigenvalue weighted by Gasteiger charge is -2.48. The zero-order valence-electron chi connectivity index (χ0n) is 13.1. The topological polar surface area (TPSA) is 23.5 Å². The molecule has 1 saturated carbocycles. The molecule has 1 aliphatic rings. The fraction of sp³-hybridized carbons (Fsp3) is 0.647. The van der Waals surface area contributed by atoms with E-state index in [-0.39, 0.29) is 11.4 Å². The first-order chi connectivity index (χ1) is 9.86. The van der Waals surface area contributed by atoms with Gasteiger partial charge in [-0.2, -0.15) is 0 Å². The highest BCUT2D eigenvalue weighted by molar-refractivity contribution is 9.10. The molecule has 0 aliphatic heterocycles. The number of aliphatic hydroxyl groups is 1. The van der Waals surface area contributed by atoms with Crippen LogP contribution in [0.15, 0.2) is 22.7 Å². The third-order valence-electron chi connectivity index (χ3n) is 4.96. The Labute approximate surface area is 135 Å². The Balaban J connectivity index is 2.23. The van der Waals surface area contributed by atoms with Crippen molar-refractivity contribution < 1.29 is 9.50 Å². The van der Waals surface area contributed by atoms with Gasteiger partial charge in [0.05, 0.1) is 10.6 Å². The highest BCUT2D eigenvalue weighted by atomic mass is 79.9. The third kappa shape index (κ3) is 3.49. The number of benzene rings is 1. The van der Waals surface area contributed by atoms with Gasteiger partial charge in [-0.05, 0) is 60.4 Å². The zero-order chi connectivity index (χ0) is 15.6. The van der Waals surface area contributed by atoms with Crippen molar-refractivity contribution in [2.75, 3.05) is 14.1 Å². The minimum atomic E-state index is -0.492. The van der Waals surface area contributed by atoms with Gasteiger partial charge in [0, 0.05) is 12.0 Å². The van der Waals surface area contributed by atoms with Crippen molar-refractivity contribution in [3.05, 3.63) is 34.1 Å². The van der Waals surface area contributed by atoms with Crippen molar-refractivity contribution in [2.24, 2.45) is 5.92 Å². The molecule has 118 valence electrons. The minimum absolute atomic E-state index is 0.205. The van der Waals surface area contributed by atoms with Crippen molar-refractivity contribution in [1.29, 1.82) is 0 Å². The standard InChI is InChI=1S/C17H25BrFNO/c1-12-6-5-9-17(11-12,20(2)3)15(21)10-13-7-4-8-14(19)16(13)18/h4,7-8,12,15,21H,5-6,9-11H2,1-3H3. The molecule has 1 aromatic carbocycles. The lowest BCUT2D eigenvalue weighted by Crippen LogP contribution is -2.56. The van der Waals surface area contributed by atoms with E-state index in [4.69, 9.17) is 0 Å². The maximum absolute atomic E-state index is 13.6. The average molecular weight is 358 g/mol. The van der Waals surface area contributed by atoms with E-state index in [0.717, 1.165) is 24.8 Å². The van der Waals surface area contributed by atoms with Gasteiger partial charge in [0.1, 0.15) is 5.82 Å². The predicted octanol–water partition coefficient (Wildman–Crippen LogP) is 4.00. The summed E-state index contributed by atoms with van der Waals surface area (Å²) < 4.78 is 14.1. The number of halogens is 2. The highest BCUT2D eigenvalue weighted by Crippen LogP contribution is 2.39. The van der Waals surface area contributed by atoms with Crippen LogP contribution in [-0.2, 0) is 6.42 Å². The molecular weight excluding hydrogens is 333 g/mol. The molecule has 0 aromatic heterocycles. The quantitative estimate of drug-likeness (QED) is 0.879. The minimum Gasteiger partial charge on any atom is -0.391 e. The van der Waals surface area contributed by atoms with E-state index in [9.17, 15) is 9.50 Å². The van der Waals surface area contributed by atoms with Gasteiger partial charge < -0.3 is 10.0 Å². The second kappa shape index (κ2) is 6.76. The van der Waals surface area contributed by atoms with Crippen molar-refractivity contribution in [3.8, 4) is 0 Å². The summed E-state index contributed by atoms with van der Waals surface area (Å²) in [6, 6.07) is 5.02. The Hall–Kier alpha value is -0.450. The molecule has 1 aromatic rings. The van der Waals surface area contributed by atoms with Gasteiger partial charge in [0.15, 0.2) is 0 Å². The fourth-order valence-electron chi connectivity index (χ4n) is 3.68. The molecule has 2 nitrogen and oxygen atoms in total. The summed E-state index contributed by atoms with van der Waals surface area (Å²) in [5.74, 6) is 0.349. The molecule has 21 heavy (non-hydrogen) atoms. The van der Waals surface area contributed by atoms with E-state index < -0.39 is 6.10 Å². The van der Waals surface area contributed by atoms with Crippen LogP contribution in [0.4, 0.5) is 4.39 Å². The first-order valence-electron chi connectivity index (χ1n) is 7.65. The molecular formula is C17H25BrFNO.